The predicted octanol–water partition coefficient (Wildman–Crippen LogP) is 2.60. The number of nitrogens with one attached hydrogen (secondary N) is 1. The highest BCUT2D eigenvalue weighted by molar-refractivity contribution is 5.94. The van der Waals surface area contributed by atoms with E-state index in [4.69, 9.17) is 5.73 Å². The Morgan fingerprint density at radius 2 is 1.83 bits per heavy atom. The molecule has 3 N–H and O–H groups in total. The molecule has 1 fully saturated rings. The predicted molar refractivity (Wildman–Crippen MR) is 73.3 cm³/mol. The van der Waals surface area contributed by atoms with E-state index < -0.39 is 0 Å². The first-order valence-corrected chi connectivity index (χ1v) is 6.74. The van der Waals surface area contributed by atoms with Crippen molar-refractivity contribution < 1.29 is 4.79 Å². The molecule has 98 valence electrons. The molecule has 18 heavy (non-hydrogen) atoms. The van der Waals surface area contributed by atoms with Gasteiger partial charge in [0.25, 0.3) is 5.91 Å². The molecule has 3 nitrogen and oxygen atoms in total. The highest BCUT2D eigenvalue weighted by Crippen LogP contribution is 2.27. The molecule has 0 radical (unpaired) electrons. The molecule has 1 aromatic rings. The smallest absolute Gasteiger partial charge is 0.251 e. The van der Waals surface area contributed by atoms with Crippen molar-refractivity contribution in [2.24, 2.45) is 5.73 Å². The number of hydrogen-bond donors (Lipinski definition) is 2. The minimum Gasteiger partial charge on any atom is -0.347 e. The number of rotatable bonds is 3. The summed E-state index contributed by atoms with van der Waals surface area (Å²) in [7, 11) is 0. The van der Waals surface area contributed by atoms with Crippen molar-refractivity contribution in [2.45, 2.75) is 51.1 Å². The number of carbonyl (C=O) groups is 1. The average Bonchev–Trinajstić information content (AvgIpc) is 2.39. The van der Waals surface area contributed by atoms with E-state index in [9.17, 15) is 4.79 Å². The monoisotopic (exact) mass is 246 g/mol. The molecule has 3 heteroatoms. The molecular weight excluding hydrogens is 224 g/mol. The van der Waals surface area contributed by atoms with Gasteiger partial charge in [-0.2, -0.15) is 0 Å². The second-order valence-electron chi connectivity index (χ2n) is 5.48. The lowest BCUT2D eigenvalue weighted by Gasteiger charge is -2.34. The van der Waals surface area contributed by atoms with Gasteiger partial charge in [-0.1, -0.05) is 31.4 Å². The summed E-state index contributed by atoms with van der Waals surface area (Å²) < 4.78 is 0. The van der Waals surface area contributed by atoms with Crippen LogP contribution in [0.3, 0.4) is 0 Å². The normalized spacial score (nSPS) is 18.3. The molecule has 0 heterocycles. The number of carbonyl (C=O) groups excluding carboxylic acids is 1. The fourth-order valence-corrected chi connectivity index (χ4v) is 2.60. The fraction of sp³-hybridized carbons (Fsp3) is 0.533. The summed E-state index contributed by atoms with van der Waals surface area (Å²) in [5.41, 5.74) is 7.29. The molecule has 1 aliphatic carbocycles. The molecule has 0 saturated heterocycles. The molecule has 0 spiro atoms. The lowest BCUT2D eigenvalue weighted by molar-refractivity contribution is 0.0882. The van der Waals surface area contributed by atoms with Gasteiger partial charge in [0.2, 0.25) is 0 Å². The summed E-state index contributed by atoms with van der Waals surface area (Å²) in [4.78, 5) is 12.2. The van der Waals surface area contributed by atoms with Gasteiger partial charge in [-0.05, 0) is 37.5 Å². The molecule has 1 aromatic carbocycles. The van der Waals surface area contributed by atoms with Crippen LogP contribution in [-0.2, 0) is 6.54 Å². The molecule has 0 aliphatic heterocycles. The Kier molecular flexibility index (Phi) is 4.02. The number of nitrogens with two attached hydrogens (primary N) is 1. The van der Waals surface area contributed by atoms with Crippen molar-refractivity contribution >= 4 is 5.91 Å². The van der Waals surface area contributed by atoms with Crippen LogP contribution < -0.4 is 11.1 Å². The number of benzene rings is 1. The Morgan fingerprint density at radius 1 is 1.22 bits per heavy atom. The van der Waals surface area contributed by atoms with Crippen molar-refractivity contribution in [2.75, 3.05) is 0 Å². The topological polar surface area (TPSA) is 55.1 Å². The first-order chi connectivity index (χ1) is 8.63. The van der Waals surface area contributed by atoms with Crippen molar-refractivity contribution in [1.29, 1.82) is 0 Å². The maximum atomic E-state index is 12.2. The van der Waals surface area contributed by atoms with Gasteiger partial charge in [0, 0.05) is 17.6 Å². The summed E-state index contributed by atoms with van der Waals surface area (Å²) in [5.74, 6) is 0.0305. The van der Waals surface area contributed by atoms with Gasteiger partial charge in [0.1, 0.15) is 0 Å². The Bertz CT molecular complexity index is 405. The molecule has 0 aromatic heterocycles. The van der Waals surface area contributed by atoms with Gasteiger partial charge in [-0.15, -0.1) is 0 Å². The third kappa shape index (κ3) is 3.10. The molecule has 1 amide bonds. The van der Waals surface area contributed by atoms with Gasteiger partial charge >= 0.3 is 0 Å². The van der Waals surface area contributed by atoms with Gasteiger partial charge < -0.3 is 11.1 Å². The second kappa shape index (κ2) is 5.53. The molecule has 1 aliphatic rings. The Morgan fingerprint density at radius 3 is 2.39 bits per heavy atom. The number of hydrogen-bond acceptors (Lipinski definition) is 2. The first-order valence-electron chi connectivity index (χ1n) is 6.74. The minimum absolute atomic E-state index is 0.0259. The zero-order valence-electron chi connectivity index (χ0n) is 11.0. The first kappa shape index (κ1) is 13.1. The molecular formula is C15H22N2O. The van der Waals surface area contributed by atoms with Gasteiger partial charge in [0.05, 0.1) is 0 Å². The number of amides is 1. The third-order valence-corrected chi connectivity index (χ3v) is 3.82. The van der Waals surface area contributed by atoms with Crippen LogP contribution in [0.25, 0.3) is 0 Å². The fourth-order valence-electron chi connectivity index (χ4n) is 2.60. The molecule has 0 unspecified atom stereocenters. The molecule has 2 rings (SSSR count). The Labute approximate surface area is 109 Å². The Balaban J connectivity index is 2.02. The van der Waals surface area contributed by atoms with Crippen LogP contribution in [0.1, 0.15) is 54.9 Å². The van der Waals surface area contributed by atoms with Gasteiger partial charge in [0.15, 0.2) is 0 Å². The quantitative estimate of drug-likeness (QED) is 0.861. The van der Waals surface area contributed by atoms with E-state index in [1.807, 2.05) is 24.3 Å². The molecule has 0 atom stereocenters. The molecule has 0 bridgehead atoms. The van der Waals surface area contributed by atoms with Crippen molar-refractivity contribution in [3.8, 4) is 0 Å². The second-order valence-corrected chi connectivity index (χ2v) is 5.48. The van der Waals surface area contributed by atoms with Crippen molar-refractivity contribution in [3.05, 3.63) is 35.4 Å². The van der Waals surface area contributed by atoms with E-state index >= 15 is 0 Å². The lowest BCUT2D eigenvalue weighted by atomic mass is 9.83. The van der Waals surface area contributed by atoms with E-state index in [1.165, 1.54) is 19.3 Å². The SMILES string of the molecule is CC1(NC(=O)c2ccc(CN)cc2)CCCCC1. The van der Waals surface area contributed by atoms with Crippen molar-refractivity contribution in [1.82, 2.24) is 5.32 Å². The van der Waals surface area contributed by atoms with Crippen molar-refractivity contribution in [3.63, 3.8) is 0 Å². The summed E-state index contributed by atoms with van der Waals surface area (Å²) in [6.07, 6.45) is 5.88. The standard InChI is InChI=1S/C15H22N2O/c1-15(9-3-2-4-10-15)17-14(18)13-7-5-12(11-16)6-8-13/h5-8H,2-4,9-11,16H2,1H3,(H,17,18). The minimum atomic E-state index is -0.0259. The summed E-state index contributed by atoms with van der Waals surface area (Å²) >= 11 is 0. The maximum Gasteiger partial charge on any atom is 0.251 e. The largest absolute Gasteiger partial charge is 0.347 e. The molecule has 1 saturated carbocycles. The Hall–Kier alpha value is -1.35. The lowest BCUT2D eigenvalue weighted by Crippen LogP contribution is -2.47. The highest BCUT2D eigenvalue weighted by atomic mass is 16.1. The van der Waals surface area contributed by atoms with Crippen LogP contribution >= 0.6 is 0 Å². The van der Waals surface area contributed by atoms with Crippen LogP contribution in [0.15, 0.2) is 24.3 Å². The third-order valence-electron chi connectivity index (χ3n) is 3.82. The van der Waals surface area contributed by atoms with Crippen LogP contribution in [-0.4, -0.2) is 11.4 Å². The zero-order chi connectivity index (χ0) is 13.0. The van der Waals surface area contributed by atoms with Crippen LogP contribution in [0.5, 0.6) is 0 Å². The van der Waals surface area contributed by atoms with Gasteiger partial charge in [-0.25, -0.2) is 0 Å². The van der Waals surface area contributed by atoms with E-state index in [0.29, 0.717) is 6.54 Å². The summed E-state index contributed by atoms with van der Waals surface area (Å²) in [5, 5.41) is 3.18. The summed E-state index contributed by atoms with van der Waals surface area (Å²) in [6.45, 7) is 2.66. The van der Waals surface area contributed by atoms with Crippen LogP contribution in [0, 0.1) is 0 Å². The van der Waals surface area contributed by atoms with E-state index in [2.05, 4.69) is 12.2 Å². The van der Waals surface area contributed by atoms with Crippen LogP contribution in [0.2, 0.25) is 0 Å². The van der Waals surface area contributed by atoms with E-state index in [1.54, 1.807) is 0 Å². The highest BCUT2D eigenvalue weighted by Gasteiger charge is 2.28. The van der Waals surface area contributed by atoms with Crippen LogP contribution in [0.4, 0.5) is 0 Å². The zero-order valence-corrected chi connectivity index (χ0v) is 11.0. The van der Waals surface area contributed by atoms with Gasteiger partial charge in [-0.3, -0.25) is 4.79 Å². The van der Waals surface area contributed by atoms with E-state index in [0.717, 1.165) is 24.0 Å². The maximum absolute atomic E-state index is 12.2. The van der Waals surface area contributed by atoms with E-state index in [-0.39, 0.29) is 11.4 Å². The summed E-state index contributed by atoms with van der Waals surface area (Å²) in [6, 6.07) is 7.53. The average molecular weight is 246 g/mol.